The molecule has 1 heteroatoms. The standard InChI is InChI=1S/C27H47N/c1-18-7-11-20(12-8-18)27(21-13-9-19(2)10-14-21)25-6-4-3-5-23(25)24-16-15-22(28)17-26(24)27/h18-26H,3-17,28H2,1-2H3/t18?,19?,20?,21?,22-,23?,24?,25?,26?,27?/m0/s1. The van der Waals surface area contributed by atoms with E-state index in [0.29, 0.717) is 11.5 Å². The van der Waals surface area contributed by atoms with Gasteiger partial charge in [0.05, 0.1) is 0 Å². The molecule has 0 bridgehead atoms. The Morgan fingerprint density at radius 1 is 0.571 bits per heavy atom. The second-order valence-electron chi connectivity index (χ2n) is 12.3. The molecule has 160 valence electrons. The molecule has 0 aliphatic heterocycles. The zero-order valence-corrected chi connectivity index (χ0v) is 18.9. The SMILES string of the molecule is CC1CCC(C2(C3CCC(C)CC3)C3CCCCC3C3CC[C@H](N)CC32)CC1. The third kappa shape index (κ3) is 3.12. The second-order valence-corrected chi connectivity index (χ2v) is 12.3. The molecule has 0 aromatic heterocycles. The van der Waals surface area contributed by atoms with Gasteiger partial charge in [-0.1, -0.05) is 52.4 Å². The van der Waals surface area contributed by atoms with Gasteiger partial charge in [-0.2, -0.15) is 0 Å². The van der Waals surface area contributed by atoms with E-state index in [9.17, 15) is 0 Å². The molecule has 5 aliphatic rings. The fourth-order valence-corrected chi connectivity index (χ4v) is 9.95. The summed E-state index contributed by atoms with van der Waals surface area (Å²) in [6.45, 7) is 5.03. The van der Waals surface area contributed by atoms with Crippen molar-refractivity contribution in [1.29, 1.82) is 0 Å². The van der Waals surface area contributed by atoms with Crippen LogP contribution in [0.2, 0.25) is 0 Å². The highest BCUT2D eigenvalue weighted by Crippen LogP contribution is 2.71. The van der Waals surface area contributed by atoms with Crippen molar-refractivity contribution >= 4 is 0 Å². The zero-order chi connectivity index (χ0) is 19.3. The van der Waals surface area contributed by atoms with Crippen molar-refractivity contribution in [3.63, 3.8) is 0 Å². The normalized spacial score (nSPS) is 54.8. The maximum atomic E-state index is 6.70. The van der Waals surface area contributed by atoms with Gasteiger partial charge in [0.15, 0.2) is 0 Å². The van der Waals surface area contributed by atoms with Gasteiger partial charge in [-0.15, -0.1) is 0 Å². The van der Waals surface area contributed by atoms with Crippen molar-refractivity contribution in [2.24, 2.45) is 58.5 Å². The molecule has 0 aromatic carbocycles. The highest BCUT2D eigenvalue weighted by atomic mass is 14.7. The summed E-state index contributed by atoms with van der Waals surface area (Å²) in [5, 5.41) is 0. The van der Waals surface area contributed by atoms with Gasteiger partial charge in [0.1, 0.15) is 0 Å². The number of hydrogen-bond acceptors (Lipinski definition) is 1. The van der Waals surface area contributed by atoms with E-state index in [1.54, 1.807) is 38.5 Å². The summed E-state index contributed by atoms with van der Waals surface area (Å²) in [6.07, 6.45) is 22.6. The number of rotatable bonds is 2. The summed E-state index contributed by atoms with van der Waals surface area (Å²) < 4.78 is 0. The van der Waals surface area contributed by atoms with Crippen molar-refractivity contribution in [3.05, 3.63) is 0 Å². The molecule has 2 N–H and O–H groups in total. The van der Waals surface area contributed by atoms with Gasteiger partial charge in [0.2, 0.25) is 0 Å². The first-order valence-corrected chi connectivity index (χ1v) is 13.4. The van der Waals surface area contributed by atoms with Crippen molar-refractivity contribution in [2.45, 2.75) is 116 Å². The van der Waals surface area contributed by atoms with Crippen molar-refractivity contribution in [1.82, 2.24) is 0 Å². The van der Waals surface area contributed by atoms with Crippen LogP contribution in [-0.2, 0) is 0 Å². The Morgan fingerprint density at radius 2 is 1.11 bits per heavy atom. The molecule has 0 aromatic rings. The lowest BCUT2D eigenvalue weighted by molar-refractivity contribution is -0.0820. The smallest absolute Gasteiger partial charge is 0.00418 e. The average molecular weight is 386 g/mol. The Labute approximate surface area is 175 Å². The lowest BCUT2D eigenvalue weighted by Gasteiger charge is -2.57. The summed E-state index contributed by atoms with van der Waals surface area (Å²) >= 11 is 0. The molecule has 28 heavy (non-hydrogen) atoms. The third-order valence-electron chi connectivity index (χ3n) is 11.0. The fraction of sp³-hybridized carbons (Fsp3) is 1.00. The molecule has 1 nitrogen and oxygen atoms in total. The molecule has 4 unspecified atom stereocenters. The minimum atomic E-state index is 0.505. The number of fused-ring (bicyclic) bond motifs is 3. The van der Waals surface area contributed by atoms with Crippen LogP contribution in [0, 0.1) is 52.8 Å². The van der Waals surface area contributed by atoms with Crippen LogP contribution in [0.5, 0.6) is 0 Å². The quantitative estimate of drug-likeness (QED) is 0.535. The van der Waals surface area contributed by atoms with Gasteiger partial charge in [-0.3, -0.25) is 0 Å². The van der Waals surface area contributed by atoms with Gasteiger partial charge in [0, 0.05) is 6.04 Å². The third-order valence-corrected chi connectivity index (χ3v) is 11.0. The van der Waals surface area contributed by atoms with E-state index in [1.165, 1.54) is 57.8 Å². The molecular formula is C27H47N. The maximum absolute atomic E-state index is 6.70. The molecule has 5 atom stereocenters. The molecule has 0 spiro atoms. The zero-order valence-electron chi connectivity index (χ0n) is 18.9. The highest BCUT2D eigenvalue weighted by molar-refractivity contribution is 5.14. The maximum Gasteiger partial charge on any atom is 0.00418 e. The summed E-state index contributed by atoms with van der Waals surface area (Å²) in [6, 6.07) is 0.505. The highest BCUT2D eigenvalue weighted by Gasteiger charge is 2.65. The molecule has 5 aliphatic carbocycles. The van der Waals surface area contributed by atoms with Crippen molar-refractivity contribution in [2.75, 3.05) is 0 Å². The minimum Gasteiger partial charge on any atom is -0.328 e. The van der Waals surface area contributed by atoms with Crippen LogP contribution in [0.25, 0.3) is 0 Å². The van der Waals surface area contributed by atoms with E-state index >= 15 is 0 Å². The summed E-state index contributed by atoms with van der Waals surface area (Å²) in [4.78, 5) is 0. The number of hydrogen-bond donors (Lipinski definition) is 1. The Balaban J connectivity index is 1.56. The average Bonchev–Trinajstić information content (AvgIpc) is 3.00. The lowest BCUT2D eigenvalue weighted by atomic mass is 9.48. The second kappa shape index (κ2) is 7.90. The Kier molecular flexibility index (Phi) is 5.61. The van der Waals surface area contributed by atoms with E-state index in [1.807, 2.05) is 0 Å². The van der Waals surface area contributed by atoms with Crippen LogP contribution in [0.4, 0.5) is 0 Å². The fourth-order valence-electron chi connectivity index (χ4n) is 9.95. The van der Waals surface area contributed by atoms with Gasteiger partial charge in [-0.05, 0) is 111 Å². The number of nitrogens with two attached hydrogens (primary N) is 1. The van der Waals surface area contributed by atoms with Crippen molar-refractivity contribution in [3.8, 4) is 0 Å². The summed E-state index contributed by atoms with van der Waals surface area (Å²) in [7, 11) is 0. The molecule has 5 rings (SSSR count). The van der Waals surface area contributed by atoms with E-state index in [0.717, 1.165) is 47.3 Å². The topological polar surface area (TPSA) is 26.0 Å². The van der Waals surface area contributed by atoms with Gasteiger partial charge < -0.3 is 5.73 Å². The van der Waals surface area contributed by atoms with Crippen LogP contribution in [0.15, 0.2) is 0 Å². The minimum absolute atomic E-state index is 0.505. The van der Waals surface area contributed by atoms with Crippen LogP contribution in [0.3, 0.4) is 0 Å². The van der Waals surface area contributed by atoms with Crippen molar-refractivity contribution < 1.29 is 0 Å². The van der Waals surface area contributed by atoms with E-state index < -0.39 is 0 Å². The first-order chi connectivity index (χ1) is 13.6. The first-order valence-electron chi connectivity index (χ1n) is 13.4. The Hall–Kier alpha value is -0.0400. The monoisotopic (exact) mass is 385 g/mol. The van der Waals surface area contributed by atoms with Crippen LogP contribution < -0.4 is 5.73 Å². The molecule has 0 amide bonds. The van der Waals surface area contributed by atoms with Crippen LogP contribution in [0.1, 0.15) is 110 Å². The Bertz CT molecular complexity index is 502. The van der Waals surface area contributed by atoms with E-state index in [2.05, 4.69) is 13.8 Å². The largest absolute Gasteiger partial charge is 0.328 e. The lowest BCUT2D eigenvalue weighted by Crippen LogP contribution is -2.51. The molecular weight excluding hydrogens is 338 g/mol. The van der Waals surface area contributed by atoms with Gasteiger partial charge in [0.25, 0.3) is 0 Å². The molecule has 0 heterocycles. The molecule has 0 radical (unpaired) electrons. The predicted molar refractivity (Wildman–Crippen MR) is 119 cm³/mol. The molecule has 5 saturated carbocycles. The van der Waals surface area contributed by atoms with Crippen LogP contribution >= 0.6 is 0 Å². The predicted octanol–water partition coefficient (Wildman–Crippen LogP) is 7.19. The van der Waals surface area contributed by atoms with E-state index in [4.69, 9.17) is 5.73 Å². The Morgan fingerprint density at radius 3 is 1.71 bits per heavy atom. The molecule has 5 fully saturated rings. The summed E-state index contributed by atoms with van der Waals surface area (Å²) in [5.74, 6) is 8.20. The van der Waals surface area contributed by atoms with E-state index in [-0.39, 0.29) is 0 Å². The van der Waals surface area contributed by atoms with Crippen LogP contribution in [-0.4, -0.2) is 6.04 Å². The van der Waals surface area contributed by atoms with Gasteiger partial charge in [-0.25, -0.2) is 0 Å². The first kappa shape index (κ1) is 19.9. The summed E-state index contributed by atoms with van der Waals surface area (Å²) in [5.41, 5.74) is 7.39. The molecule has 0 saturated heterocycles. The van der Waals surface area contributed by atoms with Gasteiger partial charge >= 0.3 is 0 Å².